The van der Waals surface area contributed by atoms with E-state index >= 15 is 0 Å². The van der Waals surface area contributed by atoms with Crippen molar-refractivity contribution in [3.8, 4) is 0 Å². The van der Waals surface area contributed by atoms with E-state index in [2.05, 4.69) is 62.3 Å². The molecule has 0 aliphatic heterocycles. The Morgan fingerprint density at radius 1 is 0.589 bits per heavy atom. The molecule has 0 saturated carbocycles. The Balaban J connectivity index is 0.00000541. The monoisotopic (exact) mass is 834 g/mol. The molecule has 298 valence electrons. The molecule has 0 atom stereocenters. The van der Waals surface area contributed by atoms with E-state index in [-0.39, 0.29) is 42.4 Å². The van der Waals surface area contributed by atoms with Crippen LogP contribution in [0.15, 0.2) is 97.6 Å². The second-order valence-electron chi connectivity index (χ2n) is 13.2. The number of nitrogens with zero attached hydrogens (tertiary/aromatic N) is 2. The quantitative estimate of drug-likeness (QED) is 0.0673. The molecule has 2 aromatic carbocycles. The first-order valence-electron chi connectivity index (χ1n) is 18.5. The molecule has 8 nitrogen and oxygen atoms in total. The standard InChI is InChI=1S/C44H50N4O4S2.2ClH/c1-35(49)34-41-15-13-37(14-16-41)9-11-39-23-30-48(31-24-39)27-4-8-44(52)45-25-33-54-53-32-5-7-43(51)6-3-26-47-28-21-40(22-29-47)12-10-38-17-19-42(20-18-38)46-36(2)50;;/h9-24,28-31H,3-8,25-27,32-34H2,1-2H3;2*1H/b11-9+;;. The number of halogens is 2. The first-order valence-corrected chi connectivity index (χ1v) is 21.0. The van der Waals surface area contributed by atoms with Crippen LogP contribution in [0.2, 0.25) is 0 Å². The Bertz CT molecular complexity index is 1720. The lowest BCUT2D eigenvalue weighted by Crippen LogP contribution is -3.00. The number of nitrogens with one attached hydrogen (secondary N) is 2. The summed E-state index contributed by atoms with van der Waals surface area (Å²) in [7, 11) is 3.51. The van der Waals surface area contributed by atoms with Crippen molar-refractivity contribution in [2.24, 2.45) is 0 Å². The van der Waals surface area contributed by atoms with Gasteiger partial charge in [-0.25, -0.2) is 9.13 Å². The number of anilines is 1. The third-order valence-corrected chi connectivity index (χ3v) is 10.9. The van der Waals surface area contributed by atoms with Gasteiger partial charge in [0.15, 0.2) is 24.8 Å². The van der Waals surface area contributed by atoms with Crippen LogP contribution in [0.25, 0.3) is 24.3 Å². The molecular formula is C44H52Cl2N4O4S2. The molecule has 0 aliphatic carbocycles. The third kappa shape index (κ3) is 20.1. The molecule has 4 rings (SSSR count). The van der Waals surface area contributed by atoms with Gasteiger partial charge in [0.2, 0.25) is 11.8 Å². The normalized spacial score (nSPS) is 10.8. The molecule has 56 heavy (non-hydrogen) atoms. The molecule has 0 saturated heterocycles. The van der Waals surface area contributed by atoms with Crippen molar-refractivity contribution in [1.29, 1.82) is 0 Å². The van der Waals surface area contributed by atoms with Crippen LogP contribution in [-0.4, -0.2) is 41.4 Å². The van der Waals surface area contributed by atoms with Gasteiger partial charge in [-0.15, -0.1) is 0 Å². The minimum absolute atomic E-state index is 0. The lowest BCUT2D eigenvalue weighted by atomic mass is 10.1. The average molecular weight is 836 g/mol. The second-order valence-corrected chi connectivity index (χ2v) is 15.9. The van der Waals surface area contributed by atoms with Crippen molar-refractivity contribution in [3.05, 3.63) is 125 Å². The summed E-state index contributed by atoms with van der Waals surface area (Å²) in [5, 5.41) is 5.78. The number of amides is 2. The maximum Gasteiger partial charge on any atom is 0.221 e. The van der Waals surface area contributed by atoms with Crippen molar-refractivity contribution >= 4 is 75.0 Å². The highest BCUT2D eigenvalue weighted by molar-refractivity contribution is 8.76. The van der Waals surface area contributed by atoms with Gasteiger partial charge >= 0.3 is 0 Å². The van der Waals surface area contributed by atoms with Gasteiger partial charge in [-0.05, 0) is 53.3 Å². The SMILES string of the molecule is CC(=O)Cc1ccc(/C=C/c2cc[n+](CCCC(=O)NCCSSCCCC(=O)CCC[n+]3ccc(/C=C/c4ccc(NC(C)=O)cc4)cc3)cc2)cc1.[Cl-].[Cl-]. The zero-order valence-electron chi connectivity index (χ0n) is 32.1. The van der Waals surface area contributed by atoms with Crippen LogP contribution < -0.4 is 44.6 Å². The minimum atomic E-state index is -0.0830. The van der Waals surface area contributed by atoms with Gasteiger partial charge < -0.3 is 35.4 Å². The van der Waals surface area contributed by atoms with Crippen LogP contribution in [0.5, 0.6) is 0 Å². The molecule has 12 heteroatoms. The highest BCUT2D eigenvalue weighted by Crippen LogP contribution is 2.22. The number of aromatic nitrogens is 2. The van der Waals surface area contributed by atoms with Crippen LogP contribution in [0.4, 0.5) is 5.69 Å². The topological polar surface area (TPSA) is 100 Å². The summed E-state index contributed by atoms with van der Waals surface area (Å²) < 4.78 is 4.20. The van der Waals surface area contributed by atoms with Gasteiger partial charge in [-0.2, -0.15) is 0 Å². The highest BCUT2D eigenvalue weighted by Gasteiger charge is 2.07. The molecule has 0 unspecified atom stereocenters. The fraction of sp³-hybridized carbons (Fsp3) is 0.318. The number of hydrogen-bond donors (Lipinski definition) is 2. The Hall–Kier alpha value is -4.22. The number of Topliss-reactive ketones (excluding diaryl/α,β-unsaturated/α-hetero) is 2. The van der Waals surface area contributed by atoms with Crippen LogP contribution in [-0.2, 0) is 38.7 Å². The number of hydrogen-bond acceptors (Lipinski definition) is 6. The summed E-state index contributed by atoms with van der Waals surface area (Å²) >= 11 is 0. The molecule has 0 bridgehead atoms. The van der Waals surface area contributed by atoms with Gasteiger partial charge in [-0.1, -0.05) is 82.3 Å². The maximum atomic E-state index is 12.4. The predicted molar refractivity (Wildman–Crippen MR) is 223 cm³/mol. The van der Waals surface area contributed by atoms with Gasteiger partial charge in [0.25, 0.3) is 0 Å². The minimum Gasteiger partial charge on any atom is -1.00 e. The summed E-state index contributed by atoms with van der Waals surface area (Å²) in [4.78, 5) is 47.1. The Morgan fingerprint density at radius 2 is 1.05 bits per heavy atom. The molecule has 0 radical (unpaired) electrons. The molecule has 2 aromatic heterocycles. The lowest BCUT2D eigenvalue weighted by molar-refractivity contribution is -0.697. The highest BCUT2D eigenvalue weighted by atomic mass is 35.5. The van der Waals surface area contributed by atoms with E-state index in [1.54, 1.807) is 28.5 Å². The van der Waals surface area contributed by atoms with Crippen molar-refractivity contribution in [3.63, 3.8) is 0 Å². The number of aryl methyl sites for hydroxylation is 2. The maximum absolute atomic E-state index is 12.4. The van der Waals surface area contributed by atoms with E-state index in [4.69, 9.17) is 0 Å². The number of pyridine rings is 2. The van der Waals surface area contributed by atoms with Gasteiger partial charge in [-0.3, -0.25) is 19.2 Å². The van der Waals surface area contributed by atoms with E-state index in [0.29, 0.717) is 38.0 Å². The van der Waals surface area contributed by atoms with E-state index < -0.39 is 0 Å². The van der Waals surface area contributed by atoms with Crippen molar-refractivity contribution in [1.82, 2.24) is 5.32 Å². The fourth-order valence-corrected chi connectivity index (χ4v) is 7.52. The summed E-state index contributed by atoms with van der Waals surface area (Å²) in [6.07, 6.45) is 21.0. The van der Waals surface area contributed by atoms with Gasteiger partial charge in [0, 0.05) is 93.5 Å². The molecular weight excluding hydrogens is 784 g/mol. The summed E-state index contributed by atoms with van der Waals surface area (Å²) in [5.41, 5.74) is 6.15. The zero-order valence-corrected chi connectivity index (χ0v) is 35.3. The van der Waals surface area contributed by atoms with Crippen LogP contribution >= 0.6 is 21.6 Å². The fourth-order valence-electron chi connectivity index (χ4n) is 5.53. The third-order valence-electron chi connectivity index (χ3n) is 8.40. The molecule has 2 amide bonds. The van der Waals surface area contributed by atoms with E-state index in [0.717, 1.165) is 77.4 Å². The molecule has 4 aromatic rings. The Morgan fingerprint density at radius 3 is 1.57 bits per heavy atom. The Kier molecular flexibility index (Phi) is 23.4. The van der Waals surface area contributed by atoms with Gasteiger partial charge in [0.05, 0.1) is 0 Å². The van der Waals surface area contributed by atoms with Gasteiger partial charge in [0.1, 0.15) is 24.7 Å². The van der Waals surface area contributed by atoms with Crippen LogP contribution in [0.1, 0.15) is 80.2 Å². The number of ketones is 2. The molecule has 0 fully saturated rings. The molecule has 0 spiro atoms. The van der Waals surface area contributed by atoms with E-state index in [1.165, 1.54) is 6.92 Å². The number of carbonyl (C=O) groups excluding carboxylic acids is 4. The largest absolute Gasteiger partial charge is 1.00 e. The van der Waals surface area contributed by atoms with Crippen LogP contribution in [0, 0.1) is 0 Å². The molecule has 2 N–H and O–H groups in total. The summed E-state index contributed by atoms with van der Waals surface area (Å²) in [6.45, 7) is 5.34. The van der Waals surface area contributed by atoms with Crippen LogP contribution in [0.3, 0.4) is 0 Å². The first-order chi connectivity index (χ1) is 26.2. The number of carbonyl (C=O) groups is 4. The van der Waals surface area contributed by atoms with Crippen molar-refractivity contribution in [2.75, 3.05) is 23.4 Å². The Labute approximate surface area is 352 Å². The smallest absolute Gasteiger partial charge is 0.221 e. The predicted octanol–water partition coefficient (Wildman–Crippen LogP) is 1.81. The lowest BCUT2D eigenvalue weighted by Gasteiger charge is -2.05. The second kappa shape index (κ2) is 27.4. The average Bonchev–Trinajstić information content (AvgIpc) is 3.16. The summed E-state index contributed by atoms with van der Waals surface area (Å²) in [6, 6.07) is 24.0. The van der Waals surface area contributed by atoms with E-state index in [1.807, 2.05) is 79.4 Å². The molecule has 2 heterocycles. The zero-order chi connectivity index (χ0) is 38.4. The van der Waals surface area contributed by atoms with E-state index in [9.17, 15) is 19.2 Å². The molecule has 0 aliphatic rings. The number of rotatable bonds is 23. The number of benzene rings is 2. The summed E-state index contributed by atoms with van der Waals surface area (Å²) in [5.74, 6) is 2.24. The van der Waals surface area contributed by atoms with Crippen molar-refractivity contribution < 1.29 is 53.1 Å². The van der Waals surface area contributed by atoms with Crippen molar-refractivity contribution in [2.45, 2.75) is 71.9 Å². The first kappa shape index (κ1) is 47.9.